The van der Waals surface area contributed by atoms with Crippen molar-refractivity contribution in [2.45, 2.75) is 65.0 Å². The number of anilines is 2. The maximum Gasteiger partial charge on any atom is 0.329 e. The molecule has 10 heteroatoms. The summed E-state index contributed by atoms with van der Waals surface area (Å²) in [5, 5.41) is 3.10. The molecule has 4 rings (SSSR count). The van der Waals surface area contributed by atoms with Crippen LogP contribution in [0.25, 0.3) is 0 Å². The second kappa shape index (κ2) is 20.2. The van der Waals surface area contributed by atoms with Crippen molar-refractivity contribution in [3.8, 4) is 5.75 Å². The Hall–Kier alpha value is -4.57. The molecule has 3 aromatic rings. The van der Waals surface area contributed by atoms with Gasteiger partial charge in [0.15, 0.2) is 0 Å². The highest BCUT2D eigenvalue weighted by Crippen LogP contribution is 2.28. The van der Waals surface area contributed by atoms with E-state index in [1.807, 2.05) is 96.9 Å². The molecule has 1 unspecified atom stereocenters. The molecule has 1 aliphatic heterocycles. The van der Waals surface area contributed by atoms with Gasteiger partial charge in [0.2, 0.25) is 5.91 Å². The Morgan fingerprint density at radius 2 is 1.34 bits per heavy atom. The number of benzene rings is 3. The highest BCUT2D eigenvalue weighted by Gasteiger charge is 2.40. The summed E-state index contributed by atoms with van der Waals surface area (Å²) in [7, 11) is 3.66. The third kappa shape index (κ3) is 10.7. The molecular weight excluding hydrogens is 628 g/mol. The van der Waals surface area contributed by atoms with Crippen molar-refractivity contribution >= 4 is 29.3 Å². The van der Waals surface area contributed by atoms with Crippen molar-refractivity contribution in [1.82, 2.24) is 24.9 Å². The SMILES string of the molecule is CCCCCN(CCCCC)C(=O)N1CCN(C(=O)N(c2ccccc2)c2ccccc2)C(C(=O)NCCN(C)Cc2ccccc2OC)C1. The van der Waals surface area contributed by atoms with Crippen molar-refractivity contribution in [2.75, 3.05) is 64.9 Å². The summed E-state index contributed by atoms with van der Waals surface area (Å²) < 4.78 is 5.51. The van der Waals surface area contributed by atoms with Crippen LogP contribution in [0.3, 0.4) is 0 Å². The zero-order chi connectivity index (χ0) is 35.7. The Morgan fingerprint density at radius 1 is 0.760 bits per heavy atom. The summed E-state index contributed by atoms with van der Waals surface area (Å²) in [5.74, 6) is 0.551. The first-order valence-electron chi connectivity index (χ1n) is 18.2. The van der Waals surface area contributed by atoms with E-state index in [1.54, 1.807) is 21.8 Å². The van der Waals surface area contributed by atoms with E-state index in [0.29, 0.717) is 50.6 Å². The number of carbonyl (C=O) groups excluding carboxylic acids is 3. The van der Waals surface area contributed by atoms with Crippen molar-refractivity contribution in [1.29, 1.82) is 0 Å². The van der Waals surface area contributed by atoms with Crippen LogP contribution in [0.1, 0.15) is 57.9 Å². The van der Waals surface area contributed by atoms with E-state index in [-0.39, 0.29) is 31.1 Å². The first kappa shape index (κ1) is 38.2. The molecule has 1 N–H and O–H groups in total. The van der Waals surface area contributed by atoms with E-state index in [1.165, 1.54) is 0 Å². The number of hydrogen-bond donors (Lipinski definition) is 1. The van der Waals surface area contributed by atoms with Crippen molar-refractivity contribution in [3.05, 3.63) is 90.5 Å². The lowest BCUT2D eigenvalue weighted by Crippen LogP contribution is -2.64. The van der Waals surface area contributed by atoms with E-state index in [4.69, 9.17) is 4.74 Å². The number of carbonyl (C=O) groups is 3. The second-order valence-electron chi connectivity index (χ2n) is 13.0. The van der Waals surface area contributed by atoms with E-state index in [2.05, 4.69) is 24.1 Å². The highest BCUT2D eigenvalue weighted by molar-refractivity contribution is 6.01. The quantitative estimate of drug-likeness (QED) is 0.155. The number of piperazine rings is 1. The fraction of sp³-hybridized carbons (Fsp3) is 0.475. The van der Waals surface area contributed by atoms with Crippen LogP contribution in [-0.2, 0) is 11.3 Å². The molecule has 0 radical (unpaired) electrons. The second-order valence-corrected chi connectivity index (χ2v) is 13.0. The first-order chi connectivity index (χ1) is 24.4. The number of rotatable bonds is 17. The lowest BCUT2D eigenvalue weighted by Gasteiger charge is -2.43. The number of likely N-dealkylation sites (N-methyl/N-ethyl adjacent to an activating group) is 1. The van der Waals surface area contributed by atoms with Crippen LogP contribution in [-0.4, -0.2) is 104 Å². The van der Waals surface area contributed by atoms with Gasteiger partial charge in [-0.2, -0.15) is 0 Å². The van der Waals surface area contributed by atoms with Crippen LogP contribution in [0.5, 0.6) is 5.75 Å². The number of hydrogen-bond acceptors (Lipinski definition) is 5. The van der Waals surface area contributed by atoms with Crippen LogP contribution in [0.15, 0.2) is 84.9 Å². The maximum absolute atomic E-state index is 14.6. The van der Waals surface area contributed by atoms with Crippen LogP contribution < -0.4 is 15.0 Å². The van der Waals surface area contributed by atoms with Crippen LogP contribution in [0.4, 0.5) is 21.0 Å². The molecule has 5 amide bonds. The minimum atomic E-state index is -0.859. The number of para-hydroxylation sites is 3. The van der Waals surface area contributed by atoms with E-state index in [0.717, 1.165) is 49.8 Å². The zero-order valence-corrected chi connectivity index (χ0v) is 30.4. The molecule has 0 spiro atoms. The molecule has 0 aliphatic carbocycles. The molecule has 0 bridgehead atoms. The molecular formula is C40H56N6O4. The summed E-state index contributed by atoms with van der Waals surface area (Å²) in [6, 6.07) is 25.7. The van der Waals surface area contributed by atoms with Gasteiger partial charge in [-0.15, -0.1) is 0 Å². The number of nitrogens with zero attached hydrogens (tertiary/aromatic N) is 5. The van der Waals surface area contributed by atoms with Gasteiger partial charge in [-0.05, 0) is 50.2 Å². The Kier molecular flexibility index (Phi) is 15.4. The Bertz CT molecular complexity index is 1420. The summed E-state index contributed by atoms with van der Waals surface area (Å²) >= 11 is 0. The van der Waals surface area contributed by atoms with E-state index < -0.39 is 6.04 Å². The van der Waals surface area contributed by atoms with Crippen LogP contribution >= 0.6 is 0 Å². The van der Waals surface area contributed by atoms with E-state index >= 15 is 0 Å². The summed E-state index contributed by atoms with van der Waals surface area (Å²) in [6.45, 7) is 8.07. The smallest absolute Gasteiger partial charge is 0.329 e. The topological polar surface area (TPSA) is 88.7 Å². The third-order valence-electron chi connectivity index (χ3n) is 9.18. The molecule has 1 atom stereocenters. The molecule has 50 heavy (non-hydrogen) atoms. The fourth-order valence-corrected chi connectivity index (χ4v) is 6.36. The van der Waals surface area contributed by atoms with Crippen molar-refractivity contribution < 1.29 is 19.1 Å². The van der Waals surface area contributed by atoms with Gasteiger partial charge in [0, 0.05) is 51.4 Å². The summed E-state index contributed by atoms with van der Waals surface area (Å²) in [4.78, 5) is 51.8. The molecule has 1 fully saturated rings. The monoisotopic (exact) mass is 684 g/mol. The fourth-order valence-electron chi connectivity index (χ4n) is 6.36. The lowest BCUT2D eigenvalue weighted by atomic mass is 10.1. The van der Waals surface area contributed by atoms with Gasteiger partial charge in [-0.25, -0.2) is 9.59 Å². The van der Waals surface area contributed by atoms with Gasteiger partial charge < -0.3 is 29.7 Å². The third-order valence-corrected chi connectivity index (χ3v) is 9.18. The zero-order valence-electron chi connectivity index (χ0n) is 30.4. The number of amides is 5. The molecule has 10 nitrogen and oxygen atoms in total. The maximum atomic E-state index is 14.6. The number of unbranched alkanes of at least 4 members (excludes halogenated alkanes) is 4. The van der Waals surface area contributed by atoms with Crippen molar-refractivity contribution in [3.63, 3.8) is 0 Å². The molecule has 0 saturated carbocycles. The Labute approximate surface area is 299 Å². The molecule has 1 heterocycles. The van der Waals surface area contributed by atoms with Gasteiger partial charge in [-0.3, -0.25) is 9.69 Å². The van der Waals surface area contributed by atoms with Gasteiger partial charge in [0.05, 0.1) is 25.0 Å². The van der Waals surface area contributed by atoms with E-state index in [9.17, 15) is 14.4 Å². The normalized spacial score (nSPS) is 14.4. The summed E-state index contributed by atoms with van der Waals surface area (Å²) in [6.07, 6.45) is 6.17. The molecule has 1 aliphatic rings. The molecule has 3 aromatic carbocycles. The predicted octanol–water partition coefficient (Wildman–Crippen LogP) is 6.99. The highest BCUT2D eigenvalue weighted by atomic mass is 16.5. The summed E-state index contributed by atoms with van der Waals surface area (Å²) in [5.41, 5.74) is 2.47. The number of ether oxygens (including phenoxy) is 1. The van der Waals surface area contributed by atoms with Crippen molar-refractivity contribution in [2.24, 2.45) is 0 Å². The van der Waals surface area contributed by atoms with Gasteiger partial charge >= 0.3 is 12.1 Å². The standard InChI is InChI=1S/C40H56N6O4/c1-5-7-17-26-43(27-18-8-6-2)39(48)44-29-30-45(40(49)46(34-20-11-9-12-21-34)35-22-13-10-14-23-35)36(32-44)38(47)41-25-28-42(3)31-33-19-15-16-24-37(33)50-4/h9-16,19-24,36H,5-8,17-18,25-32H2,1-4H3,(H,41,47). The minimum absolute atomic E-state index is 0.0541. The molecule has 270 valence electrons. The number of methoxy groups -OCH3 is 1. The molecule has 1 saturated heterocycles. The van der Waals surface area contributed by atoms with Crippen LogP contribution in [0.2, 0.25) is 0 Å². The largest absolute Gasteiger partial charge is 0.496 e. The number of nitrogens with one attached hydrogen (secondary N) is 1. The minimum Gasteiger partial charge on any atom is -0.496 e. The lowest BCUT2D eigenvalue weighted by molar-refractivity contribution is -0.127. The first-order valence-corrected chi connectivity index (χ1v) is 18.2. The Balaban J connectivity index is 1.54. The van der Waals surface area contributed by atoms with Gasteiger partial charge in [0.1, 0.15) is 11.8 Å². The number of urea groups is 2. The van der Waals surface area contributed by atoms with Gasteiger partial charge in [0.25, 0.3) is 0 Å². The predicted molar refractivity (Wildman–Crippen MR) is 201 cm³/mol. The molecule has 0 aromatic heterocycles. The Morgan fingerprint density at radius 3 is 1.92 bits per heavy atom. The van der Waals surface area contributed by atoms with Gasteiger partial charge in [-0.1, -0.05) is 94.1 Å². The average molecular weight is 685 g/mol. The average Bonchev–Trinajstić information content (AvgIpc) is 3.15. The van der Waals surface area contributed by atoms with Crippen LogP contribution in [0, 0.1) is 0 Å².